The standard InChI is InChI=1S/C19H30N2O2/c1-19(2,3)15-9-11-16(12-10-15)21-18(23)20-13-17(22)14-7-5-4-6-8-14/h9-12,14,17,22H,4-8,13H2,1-3H3,(H2,20,21,23). The zero-order chi connectivity index (χ0) is 16.9. The van der Waals surface area contributed by atoms with Gasteiger partial charge in [0.25, 0.3) is 0 Å². The van der Waals surface area contributed by atoms with Crippen molar-refractivity contribution in [3.63, 3.8) is 0 Å². The quantitative estimate of drug-likeness (QED) is 0.784. The van der Waals surface area contributed by atoms with Crippen LogP contribution in [0.2, 0.25) is 0 Å². The molecule has 2 rings (SSSR count). The molecular formula is C19H30N2O2. The number of urea groups is 1. The summed E-state index contributed by atoms with van der Waals surface area (Å²) in [6, 6.07) is 7.64. The molecule has 4 nitrogen and oxygen atoms in total. The Balaban J connectivity index is 1.78. The van der Waals surface area contributed by atoms with Crippen molar-refractivity contribution in [3.8, 4) is 0 Å². The van der Waals surface area contributed by atoms with Gasteiger partial charge in [0, 0.05) is 12.2 Å². The Labute approximate surface area is 139 Å². The summed E-state index contributed by atoms with van der Waals surface area (Å²) < 4.78 is 0. The Hall–Kier alpha value is -1.55. The lowest BCUT2D eigenvalue weighted by molar-refractivity contribution is 0.0863. The Kier molecular flexibility index (Phi) is 6.05. The van der Waals surface area contributed by atoms with E-state index in [1.54, 1.807) is 0 Å². The number of aliphatic hydroxyl groups is 1. The number of amides is 2. The van der Waals surface area contributed by atoms with Gasteiger partial charge in [-0.2, -0.15) is 0 Å². The van der Waals surface area contributed by atoms with Crippen LogP contribution in [-0.2, 0) is 5.41 Å². The number of nitrogens with one attached hydrogen (secondary N) is 2. The van der Waals surface area contributed by atoms with Gasteiger partial charge >= 0.3 is 6.03 Å². The van der Waals surface area contributed by atoms with Gasteiger partial charge in [-0.15, -0.1) is 0 Å². The number of rotatable bonds is 4. The topological polar surface area (TPSA) is 61.4 Å². The molecule has 0 aromatic heterocycles. The highest BCUT2D eigenvalue weighted by Gasteiger charge is 2.22. The molecule has 1 aliphatic rings. The highest BCUT2D eigenvalue weighted by Crippen LogP contribution is 2.26. The van der Waals surface area contributed by atoms with E-state index in [1.165, 1.54) is 24.8 Å². The molecule has 1 atom stereocenters. The summed E-state index contributed by atoms with van der Waals surface area (Å²) in [4.78, 5) is 11.9. The highest BCUT2D eigenvalue weighted by atomic mass is 16.3. The monoisotopic (exact) mass is 318 g/mol. The van der Waals surface area contributed by atoms with Crippen LogP contribution in [0.3, 0.4) is 0 Å². The van der Waals surface area contributed by atoms with Crippen molar-refractivity contribution in [2.75, 3.05) is 11.9 Å². The average Bonchev–Trinajstić information content (AvgIpc) is 2.53. The lowest BCUT2D eigenvalue weighted by atomic mass is 9.85. The number of carbonyl (C=O) groups excluding carboxylic acids is 1. The number of anilines is 1. The second kappa shape index (κ2) is 7.82. The molecule has 1 saturated carbocycles. The molecule has 0 spiro atoms. The minimum absolute atomic E-state index is 0.102. The van der Waals surface area contributed by atoms with E-state index < -0.39 is 6.10 Å². The third-order valence-electron chi connectivity index (χ3n) is 4.67. The fourth-order valence-electron chi connectivity index (χ4n) is 3.11. The Morgan fingerprint density at radius 3 is 2.35 bits per heavy atom. The molecule has 4 heteroatoms. The fraction of sp³-hybridized carbons (Fsp3) is 0.632. The molecule has 1 aliphatic carbocycles. The van der Waals surface area contributed by atoms with Crippen molar-refractivity contribution in [1.29, 1.82) is 0 Å². The molecule has 23 heavy (non-hydrogen) atoms. The van der Waals surface area contributed by atoms with E-state index in [0.29, 0.717) is 12.5 Å². The van der Waals surface area contributed by atoms with Gasteiger partial charge in [0.1, 0.15) is 0 Å². The molecule has 0 heterocycles. The first-order valence-electron chi connectivity index (χ1n) is 8.70. The van der Waals surface area contributed by atoms with Gasteiger partial charge in [-0.05, 0) is 41.9 Å². The van der Waals surface area contributed by atoms with Crippen molar-refractivity contribution >= 4 is 11.7 Å². The second-order valence-electron chi connectivity index (χ2n) is 7.63. The van der Waals surface area contributed by atoms with E-state index in [0.717, 1.165) is 18.5 Å². The molecule has 1 aromatic rings. The molecule has 1 aromatic carbocycles. The minimum atomic E-state index is -0.440. The molecular weight excluding hydrogens is 288 g/mol. The number of benzene rings is 1. The van der Waals surface area contributed by atoms with Crippen LogP contribution in [-0.4, -0.2) is 23.8 Å². The molecule has 0 aliphatic heterocycles. The van der Waals surface area contributed by atoms with Gasteiger partial charge in [0.15, 0.2) is 0 Å². The normalized spacial score (nSPS) is 17.6. The highest BCUT2D eigenvalue weighted by molar-refractivity contribution is 5.89. The van der Waals surface area contributed by atoms with Gasteiger partial charge in [0.2, 0.25) is 0 Å². The third kappa shape index (κ3) is 5.54. The van der Waals surface area contributed by atoms with Crippen LogP contribution in [0, 0.1) is 5.92 Å². The lowest BCUT2D eigenvalue weighted by Crippen LogP contribution is -2.39. The smallest absolute Gasteiger partial charge is 0.319 e. The van der Waals surface area contributed by atoms with Crippen molar-refractivity contribution in [2.24, 2.45) is 5.92 Å². The van der Waals surface area contributed by atoms with Gasteiger partial charge in [-0.1, -0.05) is 52.2 Å². The number of hydrogen-bond donors (Lipinski definition) is 3. The number of aliphatic hydroxyl groups excluding tert-OH is 1. The first-order valence-corrected chi connectivity index (χ1v) is 8.70. The molecule has 1 fully saturated rings. The van der Waals surface area contributed by atoms with E-state index in [4.69, 9.17) is 0 Å². The Morgan fingerprint density at radius 1 is 1.17 bits per heavy atom. The summed E-state index contributed by atoms with van der Waals surface area (Å²) >= 11 is 0. The maximum Gasteiger partial charge on any atom is 0.319 e. The van der Waals surface area contributed by atoms with Gasteiger partial charge in [-0.3, -0.25) is 0 Å². The van der Waals surface area contributed by atoms with Crippen LogP contribution >= 0.6 is 0 Å². The van der Waals surface area contributed by atoms with Crippen molar-refractivity contribution in [3.05, 3.63) is 29.8 Å². The van der Waals surface area contributed by atoms with Crippen LogP contribution in [0.4, 0.5) is 10.5 Å². The second-order valence-corrected chi connectivity index (χ2v) is 7.63. The summed E-state index contributed by atoms with van der Waals surface area (Å²) in [5, 5.41) is 15.8. The summed E-state index contributed by atoms with van der Waals surface area (Å²) in [5.74, 6) is 0.329. The van der Waals surface area contributed by atoms with Crippen molar-refractivity contribution in [1.82, 2.24) is 5.32 Å². The summed E-state index contributed by atoms with van der Waals surface area (Å²) in [6.45, 7) is 6.80. The van der Waals surface area contributed by atoms with Crippen molar-refractivity contribution < 1.29 is 9.90 Å². The van der Waals surface area contributed by atoms with Gasteiger partial charge < -0.3 is 15.7 Å². The van der Waals surface area contributed by atoms with Gasteiger partial charge in [0.05, 0.1) is 6.10 Å². The SMILES string of the molecule is CC(C)(C)c1ccc(NC(=O)NCC(O)C2CCCCC2)cc1. The van der Waals surface area contributed by atoms with Crippen LogP contribution in [0.1, 0.15) is 58.4 Å². The average molecular weight is 318 g/mol. The molecule has 0 radical (unpaired) electrons. The predicted molar refractivity (Wildman–Crippen MR) is 94.7 cm³/mol. The molecule has 128 valence electrons. The van der Waals surface area contributed by atoms with Crippen LogP contribution in [0.25, 0.3) is 0 Å². The minimum Gasteiger partial charge on any atom is -0.391 e. The van der Waals surface area contributed by atoms with E-state index >= 15 is 0 Å². The Morgan fingerprint density at radius 2 is 1.78 bits per heavy atom. The predicted octanol–water partition coefficient (Wildman–Crippen LogP) is 4.05. The van der Waals surface area contributed by atoms with E-state index in [1.807, 2.05) is 24.3 Å². The molecule has 0 bridgehead atoms. The summed E-state index contributed by atoms with van der Waals surface area (Å²) in [6.07, 6.45) is 5.34. The molecule has 1 unspecified atom stereocenters. The maximum absolute atomic E-state index is 11.9. The van der Waals surface area contributed by atoms with Crippen LogP contribution in [0.15, 0.2) is 24.3 Å². The Bertz CT molecular complexity index is 499. The van der Waals surface area contributed by atoms with E-state index in [9.17, 15) is 9.90 Å². The lowest BCUT2D eigenvalue weighted by Gasteiger charge is -2.26. The van der Waals surface area contributed by atoms with Gasteiger partial charge in [-0.25, -0.2) is 4.79 Å². The zero-order valence-corrected chi connectivity index (χ0v) is 14.6. The van der Waals surface area contributed by atoms with Crippen molar-refractivity contribution in [2.45, 2.75) is 64.4 Å². The molecule has 2 amide bonds. The molecule has 0 saturated heterocycles. The third-order valence-corrected chi connectivity index (χ3v) is 4.67. The fourth-order valence-corrected chi connectivity index (χ4v) is 3.11. The summed E-state index contributed by atoms with van der Waals surface area (Å²) in [5.41, 5.74) is 2.10. The zero-order valence-electron chi connectivity index (χ0n) is 14.6. The largest absolute Gasteiger partial charge is 0.391 e. The van der Waals surface area contributed by atoms with Crippen LogP contribution < -0.4 is 10.6 Å². The number of hydrogen-bond acceptors (Lipinski definition) is 2. The molecule has 3 N–H and O–H groups in total. The maximum atomic E-state index is 11.9. The summed E-state index contributed by atoms with van der Waals surface area (Å²) in [7, 11) is 0. The first kappa shape index (κ1) is 17.8. The van der Waals surface area contributed by atoms with E-state index in [-0.39, 0.29) is 11.4 Å². The number of carbonyl (C=O) groups is 1. The van der Waals surface area contributed by atoms with E-state index in [2.05, 4.69) is 31.4 Å². The van der Waals surface area contributed by atoms with Crippen LogP contribution in [0.5, 0.6) is 0 Å². The first-order chi connectivity index (χ1) is 10.9.